The summed E-state index contributed by atoms with van der Waals surface area (Å²) in [4.78, 5) is 27.6. The Hall–Kier alpha value is -3.72. The number of anilines is 1. The number of nitrogens with one attached hydrogen (secondary N) is 1. The molecule has 0 fully saturated rings. The summed E-state index contributed by atoms with van der Waals surface area (Å²) in [5, 5.41) is 2.67. The van der Waals surface area contributed by atoms with Crippen molar-refractivity contribution in [3.63, 3.8) is 0 Å². The molecule has 2 amide bonds. The van der Waals surface area contributed by atoms with Crippen LogP contribution in [0, 0.1) is 12.7 Å². The van der Waals surface area contributed by atoms with Crippen molar-refractivity contribution < 1.29 is 22.4 Å². The maximum absolute atomic E-state index is 14.5. The number of aryl methyl sites for hydroxylation is 1. The molecule has 0 spiro atoms. The van der Waals surface area contributed by atoms with E-state index in [4.69, 9.17) is 0 Å². The van der Waals surface area contributed by atoms with Gasteiger partial charge in [0.05, 0.1) is 10.6 Å². The Bertz CT molecular complexity index is 1320. The Morgan fingerprint density at radius 3 is 2.28 bits per heavy atom. The summed E-state index contributed by atoms with van der Waals surface area (Å²) in [7, 11) is -4.13. The fourth-order valence-electron chi connectivity index (χ4n) is 3.75. The number of hydrogen-bond donors (Lipinski definition) is 1. The second-order valence-corrected chi connectivity index (χ2v) is 10.2. The highest BCUT2D eigenvalue weighted by molar-refractivity contribution is 7.92. The zero-order valence-corrected chi connectivity index (χ0v) is 21.3. The van der Waals surface area contributed by atoms with Gasteiger partial charge in [0.1, 0.15) is 18.4 Å². The molecule has 0 aliphatic rings. The molecule has 3 aromatic rings. The summed E-state index contributed by atoms with van der Waals surface area (Å²) < 4.78 is 42.8. The molecule has 1 atom stereocenters. The zero-order chi connectivity index (χ0) is 26.3. The SMILES string of the molecule is CCNC(=O)C(C)N(Cc1ccccc1F)C(=O)CN(c1cccc(C)c1)S(=O)(=O)c1ccccc1. The van der Waals surface area contributed by atoms with Crippen molar-refractivity contribution in [2.45, 2.75) is 38.3 Å². The molecule has 1 N–H and O–H groups in total. The molecule has 0 heterocycles. The Kier molecular flexibility index (Phi) is 8.82. The minimum Gasteiger partial charge on any atom is -0.355 e. The molecule has 1 unspecified atom stereocenters. The predicted molar refractivity (Wildman–Crippen MR) is 137 cm³/mol. The molecular formula is C27H30FN3O4S. The van der Waals surface area contributed by atoms with Gasteiger partial charge in [-0.1, -0.05) is 48.5 Å². The maximum atomic E-state index is 14.5. The lowest BCUT2D eigenvalue weighted by Crippen LogP contribution is -2.51. The molecule has 190 valence electrons. The lowest BCUT2D eigenvalue weighted by molar-refractivity contribution is -0.139. The number of rotatable bonds is 10. The van der Waals surface area contributed by atoms with Gasteiger partial charge in [-0.2, -0.15) is 0 Å². The first-order chi connectivity index (χ1) is 17.1. The minimum atomic E-state index is -4.13. The van der Waals surface area contributed by atoms with Crippen LogP contribution in [-0.2, 0) is 26.2 Å². The van der Waals surface area contributed by atoms with Gasteiger partial charge in [0.15, 0.2) is 0 Å². The summed E-state index contributed by atoms with van der Waals surface area (Å²) in [6.07, 6.45) is 0. The van der Waals surface area contributed by atoms with Crippen LogP contribution < -0.4 is 9.62 Å². The van der Waals surface area contributed by atoms with E-state index in [0.717, 1.165) is 9.87 Å². The van der Waals surface area contributed by atoms with Crippen molar-refractivity contribution >= 4 is 27.5 Å². The first-order valence-corrected chi connectivity index (χ1v) is 13.0. The summed E-state index contributed by atoms with van der Waals surface area (Å²) in [5.74, 6) is -1.58. The van der Waals surface area contributed by atoms with Crippen LogP contribution in [-0.4, -0.2) is 44.3 Å². The Morgan fingerprint density at radius 1 is 0.972 bits per heavy atom. The van der Waals surface area contributed by atoms with Crippen molar-refractivity contribution in [3.8, 4) is 0 Å². The second-order valence-electron chi connectivity index (χ2n) is 8.35. The number of carbonyl (C=O) groups is 2. The third-order valence-corrected chi connectivity index (χ3v) is 7.50. The van der Waals surface area contributed by atoms with E-state index in [1.54, 1.807) is 49.4 Å². The second kappa shape index (κ2) is 11.8. The molecule has 0 radical (unpaired) electrons. The summed E-state index contributed by atoms with van der Waals surface area (Å²) in [5.41, 5.74) is 1.34. The van der Waals surface area contributed by atoms with Crippen molar-refractivity contribution in [2.75, 3.05) is 17.4 Å². The average molecular weight is 512 g/mol. The van der Waals surface area contributed by atoms with Crippen LogP contribution in [0.5, 0.6) is 0 Å². The number of amides is 2. The summed E-state index contributed by atoms with van der Waals surface area (Å²) in [6.45, 7) is 4.69. The number of halogens is 1. The highest BCUT2D eigenvalue weighted by Crippen LogP contribution is 2.25. The smallest absolute Gasteiger partial charge is 0.264 e. The minimum absolute atomic E-state index is 0.0248. The first-order valence-electron chi connectivity index (χ1n) is 11.6. The molecule has 3 aromatic carbocycles. The molecule has 0 aromatic heterocycles. The Morgan fingerprint density at radius 2 is 1.64 bits per heavy atom. The van der Waals surface area contributed by atoms with Crippen molar-refractivity contribution in [1.29, 1.82) is 0 Å². The lowest BCUT2D eigenvalue weighted by atomic mass is 10.1. The summed E-state index contributed by atoms with van der Waals surface area (Å²) >= 11 is 0. The van der Waals surface area contributed by atoms with Crippen LogP contribution in [0.1, 0.15) is 25.0 Å². The normalized spacial score (nSPS) is 12.0. The van der Waals surface area contributed by atoms with E-state index in [2.05, 4.69) is 5.32 Å². The van der Waals surface area contributed by atoms with Gasteiger partial charge in [-0.3, -0.25) is 13.9 Å². The first kappa shape index (κ1) is 26.9. The number of hydrogen-bond acceptors (Lipinski definition) is 4. The van der Waals surface area contributed by atoms with Crippen molar-refractivity contribution in [2.24, 2.45) is 0 Å². The largest absolute Gasteiger partial charge is 0.355 e. The fraction of sp³-hybridized carbons (Fsp3) is 0.259. The number of carbonyl (C=O) groups excluding carboxylic acids is 2. The van der Waals surface area contributed by atoms with Gasteiger partial charge in [-0.05, 0) is 56.7 Å². The molecule has 0 aliphatic carbocycles. The number of benzene rings is 3. The standard InChI is InChI=1S/C27H30FN3O4S/c1-4-29-27(33)21(3)30(18-22-12-8-9-16-25(22)28)26(32)19-31(23-13-10-11-20(2)17-23)36(34,35)24-14-6-5-7-15-24/h5-17,21H,4,18-19H2,1-3H3,(H,29,33). The van der Waals surface area contributed by atoms with Crippen LogP contribution >= 0.6 is 0 Å². The van der Waals surface area contributed by atoms with E-state index in [-0.39, 0.29) is 17.0 Å². The molecular weight excluding hydrogens is 481 g/mol. The van der Waals surface area contributed by atoms with Gasteiger partial charge >= 0.3 is 0 Å². The van der Waals surface area contributed by atoms with Gasteiger partial charge in [-0.15, -0.1) is 0 Å². The quantitative estimate of drug-likeness (QED) is 0.448. The van der Waals surface area contributed by atoms with Crippen molar-refractivity contribution in [1.82, 2.24) is 10.2 Å². The van der Waals surface area contributed by atoms with Crippen LogP contribution in [0.4, 0.5) is 10.1 Å². The zero-order valence-electron chi connectivity index (χ0n) is 20.5. The third kappa shape index (κ3) is 6.28. The van der Waals surface area contributed by atoms with Gasteiger partial charge < -0.3 is 10.2 Å². The molecule has 36 heavy (non-hydrogen) atoms. The van der Waals surface area contributed by atoms with E-state index in [1.807, 2.05) is 13.0 Å². The van der Waals surface area contributed by atoms with Gasteiger partial charge in [-0.25, -0.2) is 12.8 Å². The molecule has 7 nitrogen and oxygen atoms in total. The summed E-state index contributed by atoms with van der Waals surface area (Å²) in [6, 6.07) is 19.6. The number of likely N-dealkylation sites (N-methyl/N-ethyl adjacent to an activating group) is 1. The van der Waals surface area contributed by atoms with Gasteiger partial charge in [0, 0.05) is 18.7 Å². The van der Waals surface area contributed by atoms with Crippen LogP contribution in [0.2, 0.25) is 0 Å². The van der Waals surface area contributed by atoms with Crippen molar-refractivity contribution in [3.05, 3.63) is 95.8 Å². The molecule has 0 bridgehead atoms. The predicted octanol–water partition coefficient (Wildman–Crippen LogP) is 3.88. The highest BCUT2D eigenvalue weighted by atomic mass is 32.2. The van der Waals surface area contributed by atoms with E-state index in [1.165, 1.54) is 42.2 Å². The molecule has 0 aliphatic heterocycles. The molecule has 0 saturated heterocycles. The lowest BCUT2D eigenvalue weighted by Gasteiger charge is -2.32. The maximum Gasteiger partial charge on any atom is 0.264 e. The number of sulfonamides is 1. The average Bonchev–Trinajstić information content (AvgIpc) is 2.86. The topological polar surface area (TPSA) is 86.8 Å². The molecule has 9 heteroatoms. The Labute approximate surface area is 211 Å². The fourth-order valence-corrected chi connectivity index (χ4v) is 5.17. The number of nitrogens with zero attached hydrogens (tertiary/aromatic N) is 2. The highest BCUT2D eigenvalue weighted by Gasteiger charge is 2.32. The third-order valence-electron chi connectivity index (χ3n) is 5.72. The molecule has 0 saturated carbocycles. The monoisotopic (exact) mass is 511 g/mol. The van der Waals surface area contributed by atoms with E-state index >= 15 is 0 Å². The van der Waals surface area contributed by atoms with Crippen LogP contribution in [0.25, 0.3) is 0 Å². The van der Waals surface area contributed by atoms with E-state index < -0.39 is 40.2 Å². The van der Waals surface area contributed by atoms with Gasteiger partial charge in [0.25, 0.3) is 10.0 Å². The van der Waals surface area contributed by atoms with Crippen LogP contribution in [0.3, 0.4) is 0 Å². The van der Waals surface area contributed by atoms with Gasteiger partial charge in [0.2, 0.25) is 11.8 Å². The Balaban J connectivity index is 2.03. The van der Waals surface area contributed by atoms with Crippen LogP contribution in [0.15, 0.2) is 83.8 Å². The molecule has 3 rings (SSSR count). The van der Waals surface area contributed by atoms with E-state index in [9.17, 15) is 22.4 Å². The van der Waals surface area contributed by atoms with E-state index in [0.29, 0.717) is 12.2 Å².